The molecule has 0 saturated carbocycles. The molecule has 5 heteroatoms. The van der Waals surface area contributed by atoms with Gasteiger partial charge in [-0.3, -0.25) is 0 Å². The van der Waals surface area contributed by atoms with Crippen LogP contribution in [0.25, 0.3) is 0 Å². The SMILES string of the molecule is COc1ccc(C=Nc2nc(C)cc(C)n2)c(OC)c1. The highest BCUT2D eigenvalue weighted by atomic mass is 16.5. The molecule has 0 saturated heterocycles. The van der Waals surface area contributed by atoms with Crippen LogP contribution in [0.2, 0.25) is 0 Å². The van der Waals surface area contributed by atoms with Gasteiger partial charge in [0.15, 0.2) is 0 Å². The Balaban J connectivity index is 2.31. The van der Waals surface area contributed by atoms with E-state index < -0.39 is 0 Å². The third kappa shape index (κ3) is 3.32. The molecule has 0 bridgehead atoms. The van der Waals surface area contributed by atoms with Crippen LogP contribution in [0.3, 0.4) is 0 Å². The Morgan fingerprint density at radius 2 is 1.70 bits per heavy atom. The standard InChI is InChI=1S/C15H17N3O2/c1-10-7-11(2)18-15(17-10)16-9-12-5-6-13(19-3)8-14(12)20-4/h5-9H,1-4H3. The number of benzene rings is 1. The number of hydrogen-bond donors (Lipinski definition) is 0. The summed E-state index contributed by atoms with van der Waals surface area (Å²) in [6, 6.07) is 7.45. The summed E-state index contributed by atoms with van der Waals surface area (Å²) in [5, 5.41) is 0. The van der Waals surface area contributed by atoms with Crippen molar-refractivity contribution in [3.8, 4) is 11.5 Å². The normalized spacial score (nSPS) is 10.8. The lowest BCUT2D eigenvalue weighted by atomic mass is 10.2. The van der Waals surface area contributed by atoms with Crippen molar-refractivity contribution in [2.75, 3.05) is 14.2 Å². The first kappa shape index (κ1) is 14.0. The van der Waals surface area contributed by atoms with E-state index in [2.05, 4.69) is 15.0 Å². The summed E-state index contributed by atoms with van der Waals surface area (Å²) >= 11 is 0. The van der Waals surface area contributed by atoms with E-state index in [1.165, 1.54) is 0 Å². The van der Waals surface area contributed by atoms with E-state index >= 15 is 0 Å². The first-order valence-electron chi connectivity index (χ1n) is 6.21. The fourth-order valence-electron chi connectivity index (χ4n) is 1.82. The molecule has 0 spiro atoms. The fourth-order valence-corrected chi connectivity index (χ4v) is 1.82. The first-order valence-corrected chi connectivity index (χ1v) is 6.21. The maximum Gasteiger partial charge on any atom is 0.249 e. The van der Waals surface area contributed by atoms with Crippen molar-refractivity contribution in [3.63, 3.8) is 0 Å². The molecule has 2 aromatic rings. The minimum absolute atomic E-state index is 0.445. The number of methoxy groups -OCH3 is 2. The quantitative estimate of drug-likeness (QED) is 0.802. The van der Waals surface area contributed by atoms with Gasteiger partial charge in [0.2, 0.25) is 5.95 Å². The molecule has 0 atom stereocenters. The predicted molar refractivity (Wildman–Crippen MR) is 78.3 cm³/mol. The molecule has 0 amide bonds. The van der Waals surface area contributed by atoms with E-state index in [0.717, 1.165) is 22.7 Å². The highest BCUT2D eigenvalue weighted by Gasteiger charge is 2.03. The van der Waals surface area contributed by atoms with Crippen LogP contribution in [0.1, 0.15) is 17.0 Å². The molecule has 1 aromatic carbocycles. The lowest BCUT2D eigenvalue weighted by molar-refractivity contribution is 0.394. The summed E-state index contributed by atoms with van der Waals surface area (Å²) in [6.07, 6.45) is 1.69. The number of nitrogens with zero attached hydrogens (tertiary/aromatic N) is 3. The van der Waals surface area contributed by atoms with Gasteiger partial charge < -0.3 is 9.47 Å². The van der Waals surface area contributed by atoms with Crippen LogP contribution in [0.4, 0.5) is 5.95 Å². The zero-order valence-electron chi connectivity index (χ0n) is 12.0. The summed E-state index contributed by atoms with van der Waals surface area (Å²) in [5.41, 5.74) is 2.63. The smallest absolute Gasteiger partial charge is 0.249 e. The third-order valence-corrected chi connectivity index (χ3v) is 2.73. The van der Waals surface area contributed by atoms with Gasteiger partial charge in [-0.05, 0) is 32.0 Å². The molecular formula is C15H17N3O2. The Labute approximate surface area is 118 Å². The largest absolute Gasteiger partial charge is 0.497 e. The first-order chi connectivity index (χ1) is 9.62. The number of aromatic nitrogens is 2. The number of rotatable bonds is 4. The van der Waals surface area contributed by atoms with Crippen molar-refractivity contribution >= 4 is 12.2 Å². The molecular weight excluding hydrogens is 254 g/mol. The minimum atomic E-state index is 0.445. The van der Waals surface area contributed by atoms with Crippen LogP contribution in [0, 0.1) is 13.8 Å². The topological polar surface area (TPSA) is 56.6 Å². The molecule has 0 N–H and O–H groups in total. The Morgan fingerprint density at radius 1 is 1.00 bits per heavy atom. The lowest BCUT2D eigenvalue weighted by Gasteiger charge is -2.06. The summed E-state index contributed by atoms with van der Waals surface area (Å²) in [7, 11) is 3.23. The summed E-state index contributed by atoms with van der Waals surface area (Å²) < 4.78 is 10.5. The van der Waals surface area contributed by atoms with E-state index in [1.54, 1.807) is 20.4 Å². The van der Waals surface area contributed by atoms with Gasteiger partial charge in [-0.15, -0.1) is 0 Å². The van der Waals surface area contributed by atoms with Crippen molar-refractivity contribution in [1.82, 2.24) is 9.97 Å². The number of hydrogen-bond acceptors (Lipinski definition) is 5. The van der Waals surface area contributed by atoms with E-state index in [1.807, 2.05) is 38.1 Å². The number of ether oxygens (including phenoxy) is 2. The molecule has 20 heavy (non-hydrogen) atoms. The van der Waals surface area contributed by atoms with Gasteiger partial charge in [-0.1, -0.05) is 0 Å². The monoisotopic (exact) mass is 271 g/mol. The van der Waals surface area contributed by atoms with Gasteiger partial charge in [0, 0.05) is 29.2 Å². The van der Waals surface area contributed by atoms with E-state index in [9.17, 15) is 0 Å². The van der Waals surface area contributed by atoms with Gasteiger partial charge in [0.25, 0.3) is 0 Å². The van der Waals surface area contributed by atoms with Crippen LogP contribution in [-0.2, 0) is 0 Å². The Bertz CT molecular complexity index is 619. The molecule has 2 rings (SSSR count). The highest BCUT2D eigenvalue weighted by Crippen LogP contribution is 2.23. The average molecular weight is 271 g/mol. The molecule has 0 unspecified atom stereocenters. The maximum absolute atomic E-state index is 5.31. The van der Waals surface area contributed by atoms with E-state index in [4.69, 9.17) is 9.47 Å². The van der Waals surface area contributed by atoms with Crippen LogP contribution in [0.5, 0.6) is 11.5 Å². The second-order valence-electron chi connectivity index (χ2n) is 4.32. The molecule has 0 aliphatic heterocycles. The Kier molecular flexibility index (Phi) is 4.30. The second kappa shape index (κ2) is 6.14. The minimum Gasteiger partial charge on any atom is -0.497 e. The molecule has 0 fully saturated rings. The average Bonchev–Trinajstić information content (AvgIpc) is 2.44. The maximum atomic E-state index is 5.31. The summed E-state index contributed by atoms with van der Waals surface area (Å²) in [4.78, 5) is 12.8. The van der Waals surface area contributed by atoms with Gasteiger partial charge in [-0.2, -0.15) is 0 Å². The highest BCUT2D eigenvalue weighted by molar-refractivity contribution is 5.85. The fraction of sp³-hybridized carbons (Fsp3) is 0.267. The Hall–Kier alpha value is -2.43. The lowest BCUT2D eigenvalue weighted by Crippen LogP contribution is -1.93. The summed E-state index contributed by atoms with van der Waals surface area (Å²) in [6.45, 7) is 3.84. The van der Waals surface area contributed by atoms with E-state index in [-0.39, 0.29) is 0 Å². The molecule has 1 aromatic heterocycles. The van der Waals surface area contributed by atoms with Crippen LogP contribution >= 0.6 is 0 Å². The van der Waals surface area contributed by atoms with Gasteiger partial charge in [-0.25, -0.2) is 15.0 Å². The zero-order valence-corrected chi connectivity index (χ0v) is 12.0. The van der Waals surface area contributed by atoms with E-state index in [0.29, 0.717) is 11.7 Å². The van der Waals surface area contributed by atoms with Crippen molar-refractivity contribution in [1.29, 1.82) is 0 Å². The predicted octanol–water partition coefficient (Wildman–Crippen LogP) is 2.86. The van der Waals surface area contributed by atoms with Gasteiger partial charge in [0.1, 0.15) is 11.5 Å². The second-order valence-corrected chi connectivity index (χ2v) is 4.32. The molecule has 0 radical (unpaired) electrons. The van der Waals surface area contributed by atoms with Gasteiger partial charge in [0.05, 0.1) is 14.2 Å². The van der Waals surface area contributed by atoms with Crippen molar-refractivity contribution in [2.24, 2.45) is 4.99 Å². The number of aliphatic imine (C=N–C) groups is 1. The molecule has 1 heterocycles. The molecule has 0 aliphatic rings. The molecule has 0 aliphatic carbocycles. The van der Waals surface area contributed by atoms with Crippen molar-refractivity contribution in [3.05, 3.63) is 41.2 Å². The van der Waals surface area contributed by atoms with Gasteiger partial charge >= 0.3 is 0 Å². The summed E-state index contributed by atoms with van der Waals surface area (Å²) in [5.74, 6) is 1.87. The molecule has 5 nitrogen and oxygen atoms in total. The van der Waals surface area contributed by atoms with Crippen LogP contribution < -0.4 is 9.47 Å². The Morgan fingerprint density at radius 3 is 2.30 bits per heavy atom. The van der Waals surface area contributed by atoms with Crippen molar-refractivity contribution < 1.29 is 9.47 Å². The number of aryl methyl sites for hydroxylation is 2. The molecule has 104 valence electrons. The zero-order chi connectivity index (χ0) is 14.5. The van der Waals surface area contributed by atoms with Crippen LogP contribution in [-0.4, -0.2) is 30.4 Å². The van der Waals surface area contributed by atoms with Crippen molar-refractivity contribution in [2.45, 2.75) is 13.8 Å². The third-order valence-electron chi connectivity index (χ3n) is 2.73. The van der Waals surface area contributed by atoms with Crippen LogP contribution in [0.15, 0.2) is 29.3 Å².